The quantitative estimate of drug-likeness (QED) is 0.576. The molecule has 0 bridgehead atoms. The number of hydrogen-bond acceptors (Lipinski definition) is 2. The predicted molar refractivity (Wildman–Crippen MR) is 59.1 cm³/mol. The van der Waals surface area contributed by atoms with Gasteiger partial charge in [0, 0.05) is 19.1 Å². The molecule has 0 radical (unpaired) electrons. The van der Waals surface area contributed by atoms with Crippen molar-refractivity contribution in [2.75, 3.05) is 32.7 Å². The van der Waals surface area contributed by atoms with Crippen molar-refractivity contribution in [2.24, 2.45) is 0 Å². The lowest BCUT2D eigenvalue weighted by molar-refractivity contribution is 0.141. The molecule has 0 aromatic rings. The third kappa shape index (κ3) is 2.29. The molecule has 78 valence electrons. The normalized spacial score (nSPS) is 30.4. The Morgan fingerprint density at radius 3 is 2.86 bits per heavy atom. The lowest BCUT2D eigenvalue weighted by atomic mass is 10.0. The van der Waals surface area contributed by atoms with Gasteiger partial charge in [-0.15, -0.1) is 6.42 Å². The number of terminal acetylenes is 1. The number of piperidine rings is 1. The molecule has 0 amide bonds. The molecule has 0 aromatic carbocycles. The fraction of sp³-hybridized carbons (Fsp3) is 0.833. The Labute approximate surface area is 87.3 Å². The zero-order valence-corrected chi connectivity index (χ0v) is 8.91. The van der Waals surface area contributed by atoms with Crippen LogP contribution in [0.25, 0.3) is 0 Å². The standard InChI is InChI=1S/C12H20N2/c1-2-7-13-8-5-10-14-9-4-3-6-12(14)11-13/h1,12H,3-11H2. The number of rotatable bonds is 1. The Hall–Kier alpha value is -0.520. The molecule has 2 fully saturated rings. The summed E-state index contributed by atoms with van der Waals surface area (Å²) in [5.74, 6) is 2.77. The van der Waals surface area contributed by atoms with Crippen LogP contribution in [0.5, 0.6) is 0 Å². The summed E-state index contributed by atoms with van der Waals surface area (Å²) in [4.78, 5) is 5.11. The molecule has 0 N–H and O–H groups in total. The summed E-state index contributed by atoms with van der Waals surface area (Å²) in [6.07, 6.45) is 10.8. The first-order chi connectivity index (χ1) is 6.90. The van der Waals surface area contributed by atoms with E-state index in [1.807, 2.05) is 0 Å². The van der Waals surface area contributed by atoms with Crippen molar-refractivity contribution >= 4 is 0 Å². The molecule has 2 saturated heterocycles. The van der Waals surface area contributed by atoms with Gasteiger partial charge in [-0.3, -0.25) is 9.80 Å². The highest BCUT2D eigenvalue weighted by Crippen LogP contribution is 2.20. The molecule has 2 aliphatic heterocycles. The highest BCUT2D eigenvalue weighted by atomic mass is 15.2. The van der Waals surface area contributed by atoms with Crippen LogP contribution >= 0.6 is 0 Å². The minimum Gasteiger partial charge on any atom is -0.299 e. The third-order valence-corrected chi connectivity index (χ3v) is 3.45. The van der Waals surface area contributed by atoms with E-state index in [4.69, 9.17) is 6.42 Å². The van der Waals surface area contributed by atoms with Gasteiger partial charge in [-0.1, -0.05) is 12.3 Å². The fourth-order valence-corrected chi connectivity index (χ4v) is 2.72. The summed E-state index contributed by atoms with van der Waals surface area (Å²) in [5, 5.41) is 0. The molecule has 2 nitrogen and oxygen atoms in total. The number of hydrogen-bond donors (Lipinski definition) is 0. The lowest BCUT2D eigenvalue weighted by Crippen LogP contribution is -2.44. The van der Waals surface area contributed by atoms with E-state index in [-0.39, 0.29) is 0 Å². The van der Waals surface area contributed by atoms with E-state index in [9.17, 15) is 0 Å². The number of nitrogens with zero attached hydrogens (tertiary/aromatic N) is 2. The van der Waals surface area contributed by atoms with Gasteiger partial charge in [0.25, 0.3) is 0 Å². The van der Waals surface area contributed by atoms with E-state index in [1.54, 1.807) is 0 Å². The maximum atomic E-state index is 5.37. The molecule has 0 aliphatic carbocycles. The molecular formula is C12H20N2. The second kappa shape index (κ2) is 4.82. The highest BCUT2D eigenvalue weighted by Gasteiger charge is 2.26. The summed E-state index contributed by atoms with van der Waals surface area (Å²) < 4.78 is 0. The van der Waals surface area contributed by atoms with Gasteiger partial charge in [0.1, 0.15) is 0 Å². The molecule has 2 rings (SSSR count). The van der Waals surface area contributed by atoms with E-state index in [1.165, 1.54) is 51.9 Å². The van der Waals surface area contributed by atoms with Crippen LogP contribution in [-0.2, 0) is 0 Å². The average Bonchev–Trinajstić information content (AvgIpc) is 2.40. The first-order valence-electron chi connectivity index (χ1n) is 5.80. The highest BCUT2D eigenvalue weighted by molar-refractivity contribution is 4.91. The van der Waals surface area contributed by atoms with Crippen molar-refractivity contribution in [3.63, 3.8) is 0 Å². The van der Waals surface area contributed by atoms with Crippen molar-refractivity contribution in [1.82, 2.24) is 9.80 Å². The molecule has 14 heavy (non-hydrogen) atoms. The van der Waals surface area contributed by atoms with Crippen LogP contribution in [0.1, 0.15) is 25.7 Å². The van der Waals surface area contributed by atoms with Gasteiger partial charge in [-0.2, -0.15) is 0 Å². The van der Waals surface area contributed by atoms with Crippen LogP contribution in [0.4, 0.5) is 0 Å². The lowest BCUT2D eigenvalue weighted by Gasteiger charge is -2.35. The molecule has 1 atom stereocenters. The molecule has 2 aliphatic rings. The van der Waals surface area contributed by atoms with Gasteiger partial charge < -0.3 is 0 Å². The molecule has 2 heterocycles. The van der Waals surface area contributed by atoms with Crippen LogP contribution in [0.3, 0.4) is 0 Å². The summed E-state index contributed by atoms with van der Waals surface area (Å²) in [6.45, 7) is 5.83. The second-order valence-electron chi connectivity index (χ2n) is 4.48. The Bertz CT molecular complexity index is 219. The Balaban J connectivity index is 1.93. The first-order valence-corrected chi connectivity index (χ1v) is 5.80. The minimum absolute atomic E-state index is 0.791. The Kier molecular flexibility index (Phi) is 3.44. The Morgan fingerprint density at radius 1 is 1.14 bits per heavy atom. The van der Waals surface area contributed by atoms with Crippen molar-refractivity contribution in [3.8, 4) is 12.3 Å². The predicted octanol–water partition coefficient (Wildman–Crippen LogP) is 1.18. The zero-order valence-electron chi connectivity index (χ0n) is 8.91. The van der Waals surface area contributed by atoms with Gasteiger partial charge in [0.15, 0.2) is 0 Å². The summed E-state index contributed by atoms with van der Waals surface area (Å²) in [6, 6.07) is 0.791. The summed E-state index contributed by atoms with van der Waals surface area (Å²) >= 11 is 0. The maximum Gasteiger partial charge on any atom is 0.0599 e. The largest absolute Gasteiger partial charge is 0.299 e. The van der Waals surface area contributed by atoms with Crippen LogP contribution in [0.2, 0.25) is 0 Å². The molecule has 0 spiro atoms. The van der Waals surface area contributed by atoms with Crippen molar-refractivity contribution < 1.29 is 0 Å². The maximum absolute atomic E-state index is 5.37. The van der Waals surface area contributed by atoms with Gasteiger partial charge in [0.05, 0.1) is 6.54 Å². The monoisotopic (exact) mass is 192 g/mol. The van der Waals surface area contributed by atoms with Crippen LogP contribution in [-0.4, -0.2) is 48.6 Å². The summed E-state index contributed by atoms with van der Waals surface area (Å²) in [5.41, 5.74) is 0. The fourth-order valence-electron chi connectivity index (χ4n) is 2.72. The van der Waals surface area contributed by atoms with Crippen molar-refractivity contribution in [3.05, 3.63) is 0 Å². The number of fused-ring (bicyclic) bond motifs is 1. The van der Waals surface area contributed by atoms with E-state index in [2.05, 4.69) is 15.7 Å². The SMILES string of the molecule is C#CCN1CCCN2CCCCC2C1. The van der Waals surface area contributed by atoms with Crippen molar-refractivity contribution in [1.29, 1.82) is 0 Å². The molecular weight excluding hydrogens is 172 g/mol. The van der Waals surface area contributed by atoms with E-state index >= 15 is 0 Å². The van der Waals surface area contributed by atoms with Crippen LogP contribution < -0.4 is 0 Å². The molecule has 2 heteroatoms. The van der Waals surface area contributed by atoms with E-state index in [0.717, 1.165) is 12.6 Å². The summed E-state index contributed by atoms with van der Waals surface area (Å²) in [7, 11) is 0. The first kappa shape index (κ1) is 10.0. The van der Waals surface area contributed by atoms with Gasteiger partial charge in [-0.25, -0.2) is 0 Å². The van der Waals surface area contributed by atoms with Gasteiger partial charge in [-0.05, 0) is 32.4 Å². The third-order valence-electron chi connectivity index (χ3n) is 3.45. The minimum atomic E-state index is 0.791. The van der Waals surface area contributed by atoms with Crippen LogP contribution in [0.15, 0.2) is 0 Å². The van der Waals surface area contributed by atoms with Crippen molar-refractivity contribution in [2.45, 2.75) is 31.7 Å². The molecule has 1 unspecified atom stereocenters. The molecule has 0 aromatic heterocycles. The zero-order chi connectivity index (χ0) is 9.80. The van der Waals surface area contributed by atoms with E-state index in [0.29, 0.717) is 0 Å². The van der Waals surface area contributed by atoms with Crippen LogP contribution in [0, 0.1) is 12.3 Å². The smallest absolute Gasteiger partial charge is 0.0599 e. The molecule has 0 saturated carbocycles. The van der Waals surface area contributed by atoms with Gasteiger partial charge >= 0.3 is 0 Å². The Morgan fingerprint density at radius 2 is 2.00 bits per heavy atom. The van der Waals surface area contributed by atoms with E-state index < -0.39 is 0 Å². The second-order valence-corrected chi connectivity index (χ2v) is 4.48. The van der Waals surface area contributed by atoms with Gasteiger partial charge in [0.2, 0.25) is 0 Å². The average molecular weight is 192 g/mol. The topological polar surface area (TPSA) is 6.48 Å².